The van der Waals surface area contributed by atoms with Crippen molar-refractivity contribution in [3.05, 3.63) is 35.4 Å². The highest BCUT2D eigenvalue weighted by Crippen LogP contribution is 2.28. The van der Waals surface area contributed by atoms with Crippen LogP contribution in [0.15, 0.2) is 18.2 Å². The van der Waals surface area contributed by atoms with Gasteiger partial charge in [0.05, 0.1) is 5.25 Å². The predicted octanol–water partition coefficient (Wildman–Crippen LogP) is 2.97. The maximum Gasteiger partial charge on any atom is 0.150 e. The van der Waals surface area contributed by atoms with E-state index >= 15 is 0 Å². The molecule has 0 amide bonds. The average molecular weight is 242 g/mol. The van der Waals surface area contributed by atoms with Crippen molar-refractivity contribution in [1.29, 1.82) is 0 Å². The monoisotopic (exact) mass is 242 g/mol. The maximum atomic E-state index is 13.3. The summed E-state index contributed by atoms with van der Waals surface area (Å²) in [6, 6.07) is 3.68. The van der Waals surface area contributed by atoms with Gasteiger partial charge >= 0.3 is 0 Å². The van der Waals surface area contributed by atoms with Crippen LogP contribution in [0, 0.1) is 11.6 Å². The van der Waals surface area contributed by atoms with E-state index in [9.17, 15) is 13.6 Å². The second-order valence-corrected chi connectivity index (χ2v) is 5.16. The Morgan fingerprint density at radius 1 is 1.38 bits per heavy atom. The Hall–Kier alpha value is -0.900. The lowest BCUT2D eigenvalue weighted by molar-refractivity contribution is -0.118. The maximum absolute atomic E-state index is 13.3. The van der Waals surface area contributed by atoms with Gasteiger partial charge in [-0.2, -0.15) is 11.8 Å². The Bertz CT molecular complexity index is 380. The fraction of sp³-hybridized carbons (Fsp3) is 0.417. The third kappa shape index (κ3) is 2.43. The lowest BCUT2D eigenvalue weighted by Crippen LogP contribution is -2.17. The summed E-state index contributed by atoms with van der Waals surface area (Å²) in [5.41, 5.74) is -0.0972. The van der Waals surface area contributed by atoms with E-state index in [-0.39, 0.29) is 23.0 Å². The molecule has 4 heteroatoms. The first-order valence-corrected chi connectivity index (χ1v) is 6.30. The van der Waals surface area contributed by atoms with Crippen molar-refractivity contribution in [2.24, 2.45) is 0 Å². The third-order valence-corrected chi connectivity index (χ3v) is 4.13. The largest absolute Gasteiger partial charge is 0.298 e. The van der Waals surface area contributed by atoms with E-state index in [2.05, 4.69) is 0 Å². The standard InChI is InChI=1S/C12H12F2OS/c13-9-3-1-4-10(14)8(9)7-11(15)12-5-2-6-16-12/h1,3-4,12H,2,5-7H2. The quantitative estimate of drug-likeness (QED) is 0.810. The van der Waals surface area contributed by atoms with Gasteiger partial charge in [-0.1, -0.05) is 6.07 Å². The minimum Gasteiger partial charge on any atom is -0.298 e. The molecule has 1 aliphatic rings. The summed E-state index contributed by atoms with van der Waals surface area (Å²) in [6.07, 6.45) is 1.72. The number of Topliss-reactive ketones (excluding diaryl/α,β-unsaturated/α-hetero) is 1. The first-order chi connectivity index (χ1) is 7.68. The Labute approximate surface area is 97.2 Å². The molecule has 1 saturated heterocycles. The molecular weight excluding hydrogens is 230 g/mol. The van der Waals surface area contributed by atoms with Crippen LogP contribution >= 0.6 is 11.8 Å². The van der Waals surface area contributed by atoms with Crippen molar-refractivity contribution in [2.45, 2.75) is 24.5 Å². The zero-order valence-corrected chi connectivity index (χ0v) is 9.53. The molecule has 2 rings (SSSR count). The SMILES string of the molecule is O=C(Cc1c(F)cccc1F)C1CCCS1. The van der Waals surface area contributed by atoms with Crippen LogP contribution in [0.3, 0.4) is 0 Å². The number of hydrogen-bond donors (Lipinski definition) is 0. The molecule has 1 heterocycles. The number of rotatable bonds is 3. The van der Waals surface area contributed by atoms with Gasteiger partial charge < -0.3 is 0 Å². The number of hydrogen-bond acceptors (Lipinski definition) is 2. The van der Waals surface area contributed by atoms with Gasteiger partial charge in [0.2, 0.25) is 0 Å². The third-order valence-electron chi connectivity index (χ3n) is 2.70. The van der Waals surface area contributed by atoms with E-state index in [4.69, 9.17) is 0 Å². The minimum absolute atomic E-state index is 0.0634. The summed E-state index contributed by atoms with van der Waals surface area (Å²) in [5, 5.41) is -0.0704. The molecular formula is C12H12F2OS. The fourth-order valence-corrected chi connectivity index (χ4v) is 3.04. The summed E-state index contributed by atoms with van der Waals surface area (Å²) in [5.74, 6) is -0.352. The molecule has 16 heavy (non-hydrogen) atoms. The van der Waals surface area contributed by atoms with Gasteiger partial charge in [0.25, 0.3) is 0 Å². The van der Waals surface area contributed by atoms with Crippen LogP contribution < -0.4 is 0 Å². The summed E-state index contributed by atoms with van der Waals surface area (Å²) < 4.78 is 26.6. The van der Waals surface area contributed by atoms with Gasteiger partial charge in [0, 0.05) is 12.0 Å². The summed E-state index contributed by atoms with van der Waals surface area (Å²) in [4.78, 5) is 11.8. The lowest BCUT2D eigenvalue weighted by Gasteiger charge is -2.08. The van der Waals surface area contributed by atoms with E-state index in [0.717, 1.165) is 18.6 Å². The summed E-state index contributed by atoms with van der Waals surface area (Å²) in [7, 11) is 0. The van der Waals surface area contributed by atoms with Crippen LogP contribution in [0.2, 0.25) is 0 Å². The first kappa shape index (κ1) is 11.6. The van der Waals surface area contributed by atoms with Crippen LogP contribution in [-0.2, 0) is 11.2 Å². The number of carbonyl (C=O) groups is 1. The van der Waals surface area contributed by atoms with E-state index in [1.807, 2.05) is 0 Å². The van der Waals surface area contributed by atoms with Gasteiger partial charge in [0.15, 0.2) is 0 Å². The van der Waals surface area contributed by atoms with Crippen molar-refractivity contribution in [3.8, 4) is 0 Å². The Balaban J connectivity index is 2.11. The van der Waals surface area contributed by atoms with Crippen LogP contribution in [0.5, 0.6) is 0 Å². The molecule has 0 bridgehead atoms. The first-order valence-electron chi connectivity index (χ1n) is 5.25. The zero-order valence-electron chi connectivity index (χ0n) is 8.71. The Morgan fingerprint density at radius 2 is 2.06 bits per heavy atom. The Morgan fingerprint density at radius 3 is 2.62 bits per heavy atom. The van der Waals surface area contributed by atoms with Gasteiger partial charge in [-0.05, 0) is 30.7 Å². The zero-order chi connectivity index (χ0) is 11.5. The number of carbonyl (C=O) groups excluding carboxylic acids is 1. The highest BCUT2D eigenvalue weighted by Gasteiger charge is 2.25. The molecule has 86 valence electrons. The van der Waals surface area contributed by atoms with Crippen molar-refractivity contribution in [1.82, 2.24) is 0 Å². The molecule has 0 spiro atoms. The lowest BCUT2D eigenvalue weighted by atomic mass is 10.0. The molecule has 0 N–H and O–H groups in total. The van der Waals surface area contributed by atoms with E-state index < -0.39 is 11.6 Å². The molecule has 1 aromatic carbocycles. The summed E-state index contributed by atoms with van der Waals surface area (Å²) in [6.45, 7) is 0. The van der Waals surface area contributed by atoms with Gasteiger partial charge in [-0.3, -0.25) is 4.79 Å². The fourth-order valence-electron chi connectivity index (χ4n) is 1.82. The van der Waals surface area contributed by atoms with Crippen molar-refractivity contribution in [3.63, 3.8) is 0 Å². The van der Waals surface area contributed by atoms with Crippen molar-refractivity contribution >= 4 is 17.5 Å². The molecule has 1 atom stereocenters. The number of halogens is 2. The van der Waals surface area contributed by atoms with Crippen molar-refractivity contribution < 1.29 is 13.6 Å². The van der Waals surface area contributed by atoms with Crippen LogP contribution in [-0.4, -0.2) is 16.8 Å². The number of thioether (sulfide) groups is 1. The average Bonchev–Trinajstić information content (AvgIpc) is 2.76. The van der Waals surface area contributed by atoms with Crippen LogP contribution in [0.1, 0.15) is 18.4 Å². The normalized spacial score (nSPS) is 20.0. The van der Waals surface area contributed by atoms with Crippen LogP contribution in [0.4, 0.5) is 8.78 Å². The molecule has 0 aromatic heterocycles. The summed E-state index contributed by atoms with van der Waals surface area (Å²) >= 11 is 1.59. The number of benzene rings is 1. The predicted molar refractivity (Wildman–Crippen MR) is 60.5 cm³/mol. The highest BCUT2D eigenvalue weighted by atomic mass is 32.2. The molecule has 0 aliphatic carbocycles. The number of ketones is 1. The molecule has 0 saturated carbocycles. The molecule has 1 aromatic rings. The van der Waals surface area contributed by atoms with Gasteiger partial charge in [0.1, 0.15) is 17.4 Å². The second kappa shape index (κ2) is 4.95. The smallest absolute Gasteiger partial charge is 0.150 e. The minimum atomic E-state index is -0.628. The Kier molecular flexibility index (Phi) is 3.59. The molecule has 1 nitrogen and oxygen atoms in total. The van der Waals surface area contributed by atoms with Crippen molar-refractivity contribution in [2.75, 3.05) is 5.75 Å². The molecule has 0 radical (unpaired) electrons. The molecule has 1 aliphatic heterocycles. The van der Waals surface area contributed by atoms with Crippen LogP contribution in [0.25, 0.3) is 0 Å². The highest BCUT2D eigenvalue weighted by molar-refractivity contribution is 8.00. The van der Waals surface area contributed by atoms with E-state index in [0.29, 0.717) is 0 Å². The van der Waals surface area contributed by atoms with E-state index in [1.165, 1.54) is 18.2 Å². The second-order valence-electron chi connectivity index (χ2n) is 3.84. The topological polar surface area (TPSA) is 17.1 Å². The molecule has 1 unspecified atom stereocenters. The van der Waals surface area contributed by atoms with E-state index in [1.54, 1.807) is 11.8 Å². The molecule has 1 fully saturated rings. The van der Waals surface area contributed by atoms with Gasteiger partial charge in [-0.25, -0.2) is 8.78 Å². The van der Waals surface area contributed by atoms with Gasteiger partial charge in [-0.15, -0.1) is 0 Å².